The number of para-hydroxylation sites is 1. The third kappa shape index (κ3) is 4.61. The van der Waals surface area contributed by atoms with Gasteiger partial charge in [-0.15, -0.1) is 0 Å². The van der Waals surface area contributed by atoms with Crippen LogP contribution in [0, 0.1) is 6.92 Å². The van der Waals surface area contributed by atoms with Crippen LogP contribution in [0.15, 0.2) is 66.9 Å². The monoisotopic (exact) mass is 373 g/mol. The number of nitrogens with one attached hydrogen (secondary N) is 2. The number of aromatic amines is 1. The molecule has 0 spiro atoms. The van der Waals surface area contributed by atoms with Gasteiger partial charge in [0.1, 0.15) is 0 Å². The molecule has 4 rings (SSSR count). The van der Waals surface area contributed by atoms with Crippen LogP contribution in [-0.2, 0) is 0 Å². The summed E-state index contributed by atoms with van der Waals surface area (Å²) in [4.78, 5) is 8.34. The highest BCUT2D eigenvalue weighted by Crippen LogP contribution is 2.28. The third-order valence-electron chi connectivity index (χ3n) is 4.12. The van der Waals surface area contributed by atoms with E-state index < -0.39 is 0 Å². The predicted molar refractivity (Wildman–Crippen MR) is 125 cm³/mol. The zero-order valence-electron chi connectivity index (χ0n) is 17.9. The normalized spacial score (nSPS) is 9.93. The SMILES string of the molecule is C=C(C)Nc1cccc2ccc(-c3cc4cc(C)ccc4[nH]3)nc12.CC.CC. The molecule has 4 aromatic rings. The van der Waals surface area contributed by atoms with E-state index in [1.165, 1.54) is 10.9 Å². The summed E-state index contributed by atoms with van der Waals surface area (Å²) in [5.74, 6) is 0. The van der Waals surface area contributed by atoms with Crippen molar-refractivity contribution in [3.05, 3.63) is 72.4 Å². The summed E-state index contributed by atoms with van der Waals surface area (Å²) in [7, 11) is 0. The number of hydrogen-bond acceptors (Lipinski definition) is 2. The zero-order valence-corrected chi connectivity index (χ0v) is 17.9. The van der Waals surface area contributed by atoms with Crippen molar-refractivity contribution in [1.82, 2.24) is 9.97 Å². The molecule has 0 unspecified atom stereocenters. The fourth-order valence-electron chi connectivity index (χ4n) is 3.02. The molecule has 28 heavy (non-hydrogen) atoms. The molecule has 2 heterocycles. The summed E-state index contributed by atoms with van der Waals surface area (Å²) in [6.07, 6.45) is 0. The quantitative estimate of drug-likeness (QED) is 0.386. The van der Waals surface area contributed by atoms with Crippen molar-refractivity contribution in [2.24, 2.45) is 0 Å². The molecular weight excluding hydrogens is 342 g/mol. The Morgan fingerprint density at radius 2 is 1.68 bits per heavy atom. The lowest BCUT2D eigenvalue weighted by Gasteiger charge is -2.09. The summed E-state index contributed by atoms with van der Waals surface area (Å²) in [5.41, 5.74) is 7.19. The maximum Gasteiger partial charge on any atom is 0.0944 e. The van der Waals surface area contributed by atoms with Crippen LogP contribution in [0.2, 0.25) is 0 Å². The van der Waals surface area contributed by atoms with Crippen LogP contribution < -0.4 is 5.32 Å². The molecule has 0 fully saturated rings. The second-order valence-corrected chi connectivity index (χ2v) is 6.25. The van der Waals surface area contributed by atoms with Crippen molar-refractivity contribution in [3.63, 3.8) is 0 Å². The van der Waals surface area contributed by atoms with Crippen LogP contribution in [0.5, 0.6) is 0 Å². The summed E-state index contributed by atoms with van der Waals surface area (Å²) < 4.78 is 0. The predicted octanol–water partition coefficient (Wildman–Crippen LogP) is 7.69. The van der Waals surface area contributed by atoms with Crippen LogP contribution in [-0.4, -0.2) is 9.97 Å². The lowest BCUT2D eigenvalue weighted by Crippen LogP contribution is -1.96. The minimum absolute atomic E-state index is 0.899. The molecule has 0 atom stereocenters. The number of fused-ring (bicyclic) bond motifs is 2. The van der Waals surface area contributed by atoms with Gasteiger partial charge in [0.15, 0.2) is 0 Å². The largest absolute Gasteiger partial charge is 0.358 e. The van der Waals surface area contributed by atoms with E-state index in [2.05, 4.69) is 66.3 Å². The highest BCUT2D eigenvalue weighted by atomic mass is 14.9. The van der Waals surface area contributed by atoms with E-state index in [1.807, 2.05) is 46.8 Å². The minimum atomic E-state index is 0.899. The first-order valence-electron chi connectivity index (χ1n) is 10.0. The molecule has 0 amide bonds. The Hall–Kier alpha value is -3.07. The maximum atomic E-state index is 4.88. The zero-order chi connectivity index (χ0) is 20.7. The molecule has 2 N–H and O–H groups in total. The van der Waals surface area contributed by atoms with Crippen LogP contribution >= 0.6 is 0 Å². The highest BCUT2D eigenvalue weighted by Gasteiger charge is 2.08. The first-order chi connectivity index (χ1) is 13.6. The van der Waals surface area contributed by atoms with Crippen molar-refractivity contribution in [3.8, 4) is 11.4 Å². The van der Waals surface area contributed by atoms with E-state index in [1.54, 1.807) is 0 Å². The van der Waals surface area contributed by atoms with E-state index in [9.17, 15) is 0 Å². The Labute approximate surface area is 168 Å². The lowest BCUT2D eigenvalue weighted by molar-refractivity contribution is 1.33. The smallest absolute Gasteiger partial charge is 0.0944 e. The fraction of sp³-hybridized carbons (Fsp3) is 0.240. The summed E-state index contributed by atoms with van der Waals surface area (Å²) in [6.45, 7) is 16.0. The van der Waals surface area contributed by atoms with Crippen molar-refractivity contribution < 1.29 is 0 Å². The number of H-pyrrole nitrogens is 1. The standard InChI is InChI=1S/C21H19N3.2C2H6/c1-13(2)22-19-6-4-5-15-8-10-18(24-21(15)19)20-12-16-11-14(3)7-9-17(16)23-20;2*1-2/h4-12,22-23H,1H2,2-3H3;2*1-2H3. The molecule has 0 aliphatic carbocycles. The number of benzene rings is 2. The van der Waals surface area contributed by atoms with E-state index in [0.717, 1.165) is 39.2 Å². The fourth-order valence-corrected chi connectivity index (χ4v) is 3.02. The molecular formula is C25H31N3. The third-order valence-corrected chi connectivity index (χ3v) is 4.12. The van der Waals surface area contributed by atoms with Crippen LogP contribution in [0.25, 0.3) is 33.2 Å². The summed E-state index contributed by atoms with van der Waals surface area (Å²) in [5, 5.41) is 5.61. The molecule has 0 saturated carbocycles. The number of aromatic nitrogens is 2. The second-order valence-electron chi connectivity index (χ2n) is 6.25. The van der Waals surface area contributed by atoms with Gasteiger partial charge < -0.3 is 10.3 Å². The van der Waals surface area contributed by atoms with Gasteiger partial charge in [-0.2, -0.15) is 0 Å². The van der Waals surface area contributed by atoms with Gasteiger partial charge in [0.25, 0.3) is 0 Å². The average molecular weight is 374 g/mol. The Kier molecular flexibility index (Phi) is 7.39. The Morgan fingerprint density at radius 1 is 0.929 bits per heavy atom. The van der Waals surface area contributed by atoms with Gasteiger partial charge in [-0.05, 0) is 44.2 Å². The second kappa shape index (κ2) is 9.75. The molecule has 0 aliphatic rings. The molecule has 0 radical (unpaired) electrons. The van der Waals surface area contributed by atoms with E-state index in [4.69, 9.17) is 4.98 Å². The van der Waals surface area contributed by atoms with Gasteiger partial charge in [-0.25, -0.2) is 4.98 Å². The van der Waals surface area contributed by atoms with E-state index in [0.29, 0.717) is 0 Å². The summed E-state index contributed by atoms with van der Waals surface area (Å²) in [6, 6.07) is 18.9. The number of allylic oxidation sites excluding steroid dienone is 1. The Bertz CT molecular complexity index is 1070. The maximum absolute atomic E-state index is 4.88. The number of rotatable bonds is 3. The van der Waals surface area contributed by atoms with Gasteiger partial charge in [0, 0.05) is 22.0 Å². The van der Waals surface area contributed by atoms with Crippen molar-refractivity contribution >= 4 is 27.5 Å². The number of hydrogen-bond donors (Lipinski definition) is 2. The lowest BCUT2D eigenvalue weighted by atomic mass is 10.1. The molecule has 0 saturated heterocycles. The molecule has 2 aromatic heterocycles. The first kappa shape index (κ1) is 21.2. The molecule has 2 aromatic carbocycles. The Morgan fingerprint density at radius 3 is 2.39 bits per heavy atom. The van der Waals surface area contributed by atoms with E-state index in [-0.39, 0.29) is 0 Å². The van der Waals surface area contributed by atoms with Gasteiger partial charge >= 0.3 is 0 Å². The van der Waals surface area contributed by atoms with Gasteiger partial charge in [-0.1, -0.05) is 64.1 Å². The number of anilines is 1. The van der Waals surface area contributed by atoms with Gasteiger partial charge in [0.2, 0.25) is 0 Å². The molecule has 3 heteroatoms. The van der Waals surface area contributed by atoms with Crippen molar-refractivity contribution in [2.45, 2.75) is 41.5 Å². The first-order valence-corrected chi connectivity index (χ1v) is 10.0. The average Bonchev–Trinajstić information content (AvgIpc) is 3.14. The van der Waals surface area contributed by atoms with Crippen LogP contribution in [0.3, 0.4) is 0 Å². The van der Waals surface area contributed by atoms with Crippen LogP contribution in [0.4, 0.5) is 5.69 Å². The van der Waals surface area contributed by atoms with Crippen LogP contribution in [0.1, 0.15) is 40.2 Å². The minimum Gasteiger partial charge on any atom is -0.358 e. The number of aryl methyl sites for hydroxylation is 1. The number of nitrogens with zero attached hydrogens (tertiary/aromatic N) is 1. The summed E-state index contributed by atoms with van der Waals surface area (Å²) >= 11 is 0. The topological polar surface area (TPSA) is 40.7 Å². The molecule has 146 valence electrons. The van der Waals surface area contributed by atoms with Gasteiger partial charge in [-0.3, -0.25) is 0 Å². The van der Waals surface area contributed by atoms with Crippen molar-refractivity contribution in [2.75, 3.05) is 5.32 Å². The molecule has 3 nitrogen and oxygen atoms in total. The Balaban J connectivity index is 0.000000660. The van der Waals surface area contributed by atoms with Gasteiger partial charge in [0.05, 0.1) is 22.6 Å². The van der Waals surface area contributed by atoms with E-state index >= 15 is 0 Å². The van der Waals surface area contributed by atoms with Crippen molar-refractivity contribution in [1.29, 1.82) is 0 Å². The molecule has 0 bridgehead atoms. The molecule has 0 aliphatic heterocycles. The number of pyridine rings is 1. The highest BCUT2D eigenvalue weighted by molar-refractivity contribution is 5.93.